The van der Waals surface area contributed by atoms with Crippen molar-refractivity contribution in [3.8, 4) is 5.75 Å². The highest BCUT2D eigenvalue weighted by molar-refractivity contribution is 7.99. The first-order valence-corrected chi connectivity index (χ1v) is 19.5. The second kappa shape index (κ2) is 20.3. The Hall–Kier alpha value is -2.83. The van der Waals surface area contributed by atoms with Crippen LogP contribution in [0, 0.1) is 17.8 Å². The number of hydrogen-bond acceptors (Lipinski definition) is 8. The van der Waals surface area contributed by atoms with Gasteiger partial charge in [0.2, 0.25) is 23.6 Å². The summed E-state index contributed by atoms with van der Waals surface area (Å²) in [5.41, 5.74) is 0.480. The number of anilines is 1. The maximum absolute atomic E-state index is 14.2. The molecule has 2 rings (SSSR count). The molecule has 284 valence electrons. The van der Waals surface area contributed by atoms with Crippen molar-refractivity contribution < 1.29 is 29.0 Å². The SMILES string of the molecule is CCC(C)C(C(CC(=O)N1CCCC1C(CC(=O)N(CC)c1ccccc1O)SC)OC)N(C)C(=O)C(NC(=O)C(C(C)C)N(C)C)C(C)C. The van der Waals surface area contributed by atoms with Crippen LogP contribution in [0.25, 0.3) is 0 Å². The molecule has 0 aliphatic carbocycles. The Bertz CT molecular complexity index is 1250. The summed E-state index contributed by atoms with van der Waals surface area (Å²) in [5.74, 6) is -0.590. The lowest BCUT2D eigenvalue weighted by molar-refractivity contribution is -0.146. The second-order valence-electron chi connectivity index (χ2n) is 14.6. The molecular formula is C38H65N5O6S. The Kier molecular flexibility index (Phi) is 17.6. The Morgan fingerprint density at radius 2 is 1.66 bits per heavy atom. The number of hydrogen-bond donors (Lipinski definition) is 2. The third-order valence-corrected chi connectivity index (χ3v) is 11.4. The molecular weight excluding hydrogens is 655 g/mol. The summed E-state index contributed by atoms with van der Waals surface area (Å²) in [7, 11) is 7.06. The number of carbonyl (C=O) groups excluding carboxylic acids is 4. The lowest BCUT2D eigenvalue weighted by Crippen LogP contribution is -2.59. The Balaban J connectivity index is 2.28. The number of likely N-dealkylation sites (tertiary alicyclic amines) is 1. The van der Waals surface area contributed by atoms with Crippen molar-refractivity contribution in [1.82, 2.24) is 20.0 Å². The van der Waals surface area contributed by atoms with E-state index in [1.54, 1.807) is 60.0 Å². The normalized spacial score (nSPS) is 18.5. The molecule has 0 aromatic heterocycles. The van der Waals surface area contributed by atoms with E-state index in [0.717, 1.165) is 19.3 Å². The second-order valence-corrected chi connectivity index (χ2v) is 15.7. The molecule has 2 N–H and O–H groups in total. The van der Waals surface area contributed by atoms with Crippen LogP contribution < -0.4 is 10.2 Å². The smallest absolute Gasteiger partial charge is 0.245 e. The first-order chi connectivity index (χ1) is 23.5. The minimum atomic E-state index is -0.739. The number of phenolic OH excluding ortho intramolecular Hbond substituents is 1. The molecule has 1 saturated heterocycles. The van der Waals surface area contributed by atoms with Crippen LogP contribution >= 0.6 is 11.8 Å². The molecule has 1 aromatic carbocycles. The molecule has 1 aliphatic rings. The van der Waals surface area contributed by atoms with Crippen molar-refractivity contribution >= 4 is 41.1 Å². The number of ether oxygens (including phenoxy) is 1. The maximum Gasteiger partial charge on any atom is 0.245 e. The number of carbonyl (C=O) groups is 4. The monoisotopic (exact) mass is 719 g/mol. The molecule has 12 heteroatoms. The van der Waals surface area contributed by atoms with Gasteiger partial charge in [-0.25, -0.2) is 0 Å². The number of nitrogens with zero attached hydrogens (tertiary/aromatic N) is 4. The molecule has 0 saturated carbocycles. The third kappa shape index (κ3) is 10.8. The Morgan fingerprint density at radius 1 is 1.02 bits per heavy atom. The fourth-order valence-electron chi connectivity index (χ4n) is 7.44. The highest BCUT2D eigenvalue weighted by Crippen LogP contribution is 2.33. The van der Waals surface area contributed by atoms with Crippen molar-refractivity contribution in [2.45, 2.75) is 116 Å². The molecule has 0 bridgehead atoms. The molecule has 1 aromatic rings. The molecule has 1 heterocycles. The zero-order valence-corrected chi connectivity index (χ0v) is 33.5. The van der Waals surface area contributed by atoms with Crippen LogP contribution in [0.4, 0.5) is 5.69 Å². The molecule has 7 unspecified atom stereocenters. The molecule has 0 spiro atoms. The third-order valence-electron chi connectivity index (χ3n) is 10.3. The number of nitrogens with one attached hydrogen (secondary N) is 1. The van der Waals surface area contributed by atoms with E-state index >= 15 is 0 Å². The first-order valence-electron chi connectivity index (χ1n) is 18.2. The van der Waals surface area contributed by atoms with Crippen molar-refractivity contribution in [3.63, 3.8) is 0 Å². The largest absolute Gasteiger partial charge is 0.506 e. The number of methoxy groups -OCH3 is 1. The number of aromatic hydroxyl groups is 1. The summed E-state index contributed by atoms with van der Waals surface area (Å²) < 4.78 is 6.03. The molecule has 7 atom stereocenters. The molecule has 1 aliphatic heterocycles. The molecule has 50 heavy (non-hydrogen) atoms. The van der Waals surface area contributed by atoms with Gasteiger partial charge in [0.25, 0.3) is 0 Å². The van der Waals surface area contributed by atoms with Gasteiger partial charge in [0.05, 0.1) is 30.3 Å². The minimum Gasteiger partial charge on any atom is -0.506 e. The predicted octanol–water partition coefficient (Wildman–Crippen LogP) is 4.86. The van der Waals surface area contributed by atoms with Gasteiger partial charge in [-0.15, -0.1) is 0 Å². The van der Waals surface area contributed by atoms with Gasteiger partial charge in [-0.05, 0) is 70.0 Å². The van der Waals surface area contributed by atoms with Gasteiger partial charge in [0.1, 0.15) is 11.8 Å². The van der Waals surface area contributed by atoms with Crippen molar-refractivity contribution in [1.29, 1.82) is 0 Å². The standard InChI is InChI=1S/C38H65N5O6S/c1-13-26(7)36(41(10)38(48)34(24(3)4)39-37(47)35(25(5)6)40(8)9)30(49-11)22-32(45)43-21-17-19-28(43)31(50-12)23-33(46)42(14-2)27-18-15-16-20-29(27)44/h15-16,18,20,24-26,28,30-31,34-36,44H,13-14,17,19,21-23H2,1-12H3,(H,39,47). The van der Waals surface area contributed by atoms with E-state index in [2.05, 4.69) is 19.2 Å². The summed E-state index contributed by atoms with van der Waals surface area (Å²) in [6, 6.07) is 5.17. The van der Waals surface area contributed by atoms with Crippen LogP contribution in [0.15, 0.2) is 24.3 Å². The number of amides is 4. The average molecular weight is 720 g/mol. The summed E-state index contributed by atoms with van der Waals surface area (Å²) in [6.07, 6.45) is 4.10. The Labute approximate surface area is 305 Å². The molecule has 11 nitrogen and oxygen atoms in total. The van der Waals surface area contributed by atoms with E-state index < -0.39 is 18.2 Å². The highest BCUT2D eigenvalue weighted by atomic mass is 32.2. The van der Waals surface area contributed by atoms with Crippen LogP contribution in [0.1, 0.15) is 80.6 Å². The van der Waals surface area contributed by atoms with Gasteiger partial charge in [0, 0.05) is 45.0 Å². The highest BCUT2D eigenvalue weighted by Gasteiger charge is 2.41. The van der Waals surface area contributed by atoms with E-state index in [1.165, 1.54) is 0 Å². The molecule has 0 radical (unpaired) electrons. The van der Waals surface area contributed by atoms with Crippen molar-refractivity contribution in [3.05, 3.63) is 24.3 Å². The maximum atomic E-state index is 14.2. The number of para-hydroxylation sites is 2. The summed E-state index contributed by atoms with van der Waals surface area (Å²) in [4.78, 5) is 62.3. The van der Waals surface area contributed by atoms with Gasteiger partial charge in [-0.2, -0.15) is 11.8 Å². The lowest BCUT2D eigenvalue weighted by Gasteiger charge is -2.41. The van der Waals surface area contributed by atoms with E-state index in [-0.39, 0.29) is 77.3 Å². The van der Waals surface area contributed by atoms with Crippen LogP contribution in [-0.4, -0.2) is 127 Å². The van der Waals surface area contributed by atoms with Crippen molar-refractivity contribution in [2.75, 3.05) is 52.5 Å². The van der Waals surface area contributed by atoms with Crippen LogP contribution in [0.2, 0.25) is 0 Å². The van der Waals surface area contributed by atoms with E-state index in [9.17, 15) is 24.3 Å². The Morgan fingerprint density at radius 3 is 2.16 bits per heavy atom. The predicted molar refractivity (Wildman–Crippen MR) is 203 cm³/mol. The number of rotatable bonds is 19. The van der Waals surface area contributed by atoms with E-state index in [1.807, 2.05) is 64.8 Å². The van der Waals surface area contributed by atoms with Gasteiger partial charge >= 0.3 is 0 Å². The average Bonchev–Trinajstić information content (AvgIpc) is 3.56. The fraction of sp³-hybridized carbons (Fsp3) is 0.737. The quantitative estimate of drug-likeness (QED) is 0.208. The zero-order chi connectivity index (χ0) is 37.9. The van der Waals surface area contributed by atoms with Crippen LogP contribution in [0.5, 0.6) is 5.75 Å². The first kappa shape index (κ1) is 43.3. The lowest BCUT2D eigenvalue weighted by atomic mass is 9.89. The summed E-state index contributed by atoms with van der Waals surface area (Å²) in [5, 5.41) is 13.3. The van der Waals surface area contributed by atoms with Gasteiger partial charge in [0.15, 0.2) is 0 Å². The molecule has 4 amide bonds. The van der Waals surface area contributed by atoms with Gasteiger partial charge < -0.3 is 29.9 Å². The minimum absolute atomic E-state index is 0.00998. The van der Waals surface area contributed by atoms with Crippen LogP contribution in [-0.2, 0) is 23.9 Å². The van der Waals surface area contributed by atoms with E-state index in [4.69, 9.17) is 4.74 Å². The van der Waals surface area contributed by atoms with Crippen LogP contribution in [0.3, 0.4) is 0 Å². The topological polar surface area (TPSA) is 123 Å². The van der Waals surface area contributed by atoms with E-state index in [0.29, 0.717) is 18.8 Å². The number of thioether (sulfide) groups is 1. The summed E-state index contributed by atoms with van der Waals surface area (Å²) >= 11 is 1.58. The van der Waals surface area contributed by atoms with Gasteiger partial charge in [-0.1, -0.05) is 60.1 Å². The number of phenols is 1. The number of likely N-dealkylation sites (N-methyl/N-ethyl adjacent to an activating group) is 2. The van der Waals surface area contributed by atoms with Crippen molar-refractivity contribution in [2.24, 2.45) is 17.8 Å². The zero-order valence-electron chi connectivity index (χ0n) is 32.6. The number of benzene rings is 1. The fourth-order valence-corrected chi connectivity index (χ4v) is 8.35. The summed E-state index contributed by atoms with van der Waals surface area (Å²) in [6.45, 7) is 14.8. The van der Waals surface area contributed by atoms with Gasteiger partial charge in [-0.3, -0.25) is 24.1 Å². The molecule has 1 fully saturated rings.